The number of allylic oxidation sites excluding steroid dienone is 1. The summed E-state index contributed by atoms with van der Waals surface area (Å²) in [5.41, 5.74) is 4.18. The summed E-state index contributed by atoms with van der Waals surface area (Å²) < 4.78 is 0. The Balaban J connectivity index is 1.84. The third kappa shape index (κ3) is 4.38. The molecule has 0 spiro atoms. The minimum Gasteiger partial charge on any atom is -0.382 e. The minimum atomic E-state index is 0.630. The van der Waals surface area contributed by atoms with Crippen molar-refractivity contribution < 1.29 is 0 Å². The number of hydrogen-bond donors (Lipinski definition) is 1. The summed E-state index contributed by atoms with van der Waals surface area (Å²) in [6.45, 7) is 10.1. The number of benzene rings is 1. The van der Waals surface area contributed by atoms with E-state index in [1.807, 2.05) is 0 Å². The van der Waals surface area contributed by atoms with Crippen LogP contribution in [0.4, 0.5) is 5.69 Å². The zero-order chi connectivity index (χ0) is 14.4. The fraction of sp³-hybridized carbons (Fsp3) is 0.556. The third-order valence-corrected chi connectivity index (χ3v) is 4.10. The molecule has 0 unspecified atom stereocenters. The van der Waals surface area contributed by atoms with Crippen LogP contribution >= 0.6 is 0 Å². The molecule has 0 aliphatic carbocycles. The molecule has 0 atom stereocenters. The standard InChI is InChI=1S/C18H28N2/c1-4-16-7-5-6-8-18(16)19-17-10-13-20(14-11-17)12-9-15(2)3/h5-9,17,19H,4,10-14H2,1-3H3. The van der Waals surface area contributed by atoms with Gasteiger partial charge >= 0.3 is 0 Å². The maximum atomic E-state index is 3.74. The lowest BCUT2D eigenvalue weighted by Crippen LogP contribution is -2.39. The van der Waals surface area contributed by atoms with Crippen molar-refractivity contribution >= 4 is 5.69 Å². The van der Waals surface area contributed by atoms with Crippen molar-refractivity contribution in [3.05, 3.63) is 41.5 Å². The molecule has 2 heteroatoms. The predicted molar refractivity (Wildman–Crippen MR) is 88.3 cm³/mol. The van der Waals surface area contributed by atoms with Crippen LogP contribution in [0.1, 0.15) is 39.2 Å². The normalized spacial score (nSPS) is 16.9. The van der Waals surface area contributed by atoms with E-state index in [9.17, 15) is 0 Å². The molecule has 2 nitrogen and oxygen atoms in total. The zero-order valence-corrected chi connectivity index (χ0v) is 13.2. The lowest BCUT2D eigenvalue weighted by atomic mass is 10.0. The van der Waals surface area contributed by atoms with E-state index in [4.69, 9.17) is 0 Å². The molecule has 0 radical (unpaired) electrons. The zero-order valence-electron chi connectivity index (χ0n) is 13.2. The van der Waals surface area contributed by atoms with E-state index in [-0.39, 0.29) is 0 Å². The second-order valence-corrected chi connectivity index (χ2v) is 6.01. The number of hydrogen-bond acceptors (Lipinski definition) is 2. The summed E-state index contributed by atoms with van der Waals surface area (Å²) in [7, 11) is 0. The SMILES string of the molecule is CCc1ccccc1NC1CCN(CC=C(C)C)CC1. The van der Waals surface area contributed by atoms with Gasteiger partial charge in [0, 0.05) is 31.4 Å². The second-order valence-electron chi connectivity index (χ2n) is 6.01. The number of rotatable bonds is 5. The van der Waals surface area contributed by atoms with Crippen LogP contribution in [0.2, 0.25) is 0 Å². The summed E-state index contributed by atoms with van der Waals surface area (Å²) in [4.78, 5) is 2.55. The Kier molecular flexibility index (Phi) is 5.66. The van der Waals surface area contributed by atoms with Gasteiger partial charge in [0.2, 0.25) is 0 Å². The minimum absolute atomic E-state index is 0.630. The second kappa shape index (κ2) is 7.49. The van der Waals surface area contributed by atoms with Gasteiger partial charge in [-0.2, -0.15) is 0 Å². The van der Waals surface area contributed by atoms with E-state index in [0.717, 1.165) is 13.0 Å². The fourth-order valence-electron chi connectivity index (χ4n) is 2.76. The molecule has 20 heavy (non-hydrogen) atoms. The predicted octanol–water partition coefficient (Wildman–Crippen LogP) is 4.09. The molecule has 1 aromatic carbocycles. The lowest BCUT2D eigenvalue weighted by molar-refractivity contribution is 0.240. The third-order valence-electron chi connectivity index (χ3n) is 4.10. The van der Waals surface area contributed by atoms with Gasteiger partial charge in [0.05, 0.1) is 0 Å². The number of para-hydroxylation sites is 1. The average Bonchev–Trinajstić information content (AvgIpc) is 2.47. The van der Waals surface area contributed by atoms with Crippen molar-refractivity contribution in [2.75, 3.05) is 25.0 Å². The van der Waals surface area contributed by atoms with Crippen molar-refractivity contribution in [2.24, 2.45) is 0 Å². The van der Waals surface area contributed by atoms with Gasteiger partial charge in [-0.1, -0.05) is 36.8 Å². The van der Waals surface area contributed by atoms with Gasteiger partial charge < -0.3 is 5.32 Å². The van der Waals surface area contributed by atoms with E-state index in [1.165, 1.54) is 42.8 Å². The molecule has 110 valence electrons. The Labute approximate surface area is 123 Å². The van der Waals surface area contributed by atoms with Gasteiger partial charge in [-0.3, -0.25) is 4.90 Å². The van der Waals surface area contributed by atoms with E-state index < -0.39 is 0 Å². The molecular weight excluding hydrogens is 244 g/mol. The first-order chi connectivity index (χ1) is 9.69. The number of likely N-dealkylation sites (tertiary alicyclic amines) is 1. The summed E-state index contributed by atoms with van der Waals surface area (Å²) in [6.07, 6.45) is 5.92. The van der Waals surface area contributed by atoms with Gasteiger partial charge in [-0.25, -0.2) is 0 Å². The van der Waals surface area contributed by atoms with E-state index >= 15 is 0 Å². The Morgan fingerprint density at radius 2 is 1.95 bits per heavy atom. The maximum absolute atomic E-state index is 3.74. The van der Waals surface area contributed by atoms with Crippen LogP contribution in [0.25, 0.3) is 0 Å². The number of piperidine rings is 1. The number of aryl methyl sites for hydroxylation is 1. The van der Waals surface area contributed by atoms with Gasteiger partial charge in [0.1, 0.15) is 0 Å². The van der Waals surface area contributed by atoms with E-state index in [1.54, 1.807) is 0 Å². The van der Waals surface area contributed by atoms with Crippen molar-refractivity contribution in [1.82, 2.24) is 4.90 Å². The number of nitrogens with one attached hydrogen (secondary N) is 1. The molecule has 1 heterocycles. The maximum Gasteiger partial charge on any atom is 0.0374 e. The largest absolute Gasteiger partial charge is 0.382 e. The molecule has 1 saturated heterocycles. The topological polar surface area (TPSA) is 15.3 Å². The van der Waals surface area contributed by atoms with Crippen LogP contribution in [-0.2, 0) is 6.42 Å². The Morgan fingerprint density at radius 3 is 2.60 bits per heavy atom. The molecule has 1 aliphatic rings. The molecule has 0 amide bonds. The van der Waals surface area contributed by atoms with Crippen molar-refractivity contribution in [2.45, 2.75) is 46.1 Å². The fourth-order valence-corrected chi connectivity index (χ4v) is 2.76. The number of nitrogens with zero attached hydrogens (tertiary/aromatic N) is 1. The van der Waals surface area contributed by atoms with Gasteiger partial charge in [-0.15, -0.1) is 0 Å². The summed E-state index contributed by atoms with van der Waals surface area (Å²) in [6, 6.07) is 9.34. The highest BCUT2D eigenvalue weighted by Gasteiger charge is 2.18. The van der Waals surface area contributed by atoms with Crippen LogP contribution in [0, 0.1) is 0 Å². The van der Waals surface area contributed by atoms with Crippen LogP contribution in [0.5, 0.6) is 0 Å². The smallest absolute Gasteiger partial charge is 0.0374 e. The molecule has 2 rings (SSSR count). The van der Waals surface area contributed by atoms with Gasteiger partial charge in [-0.05, 0) is 44.7 Å². The molecular formula is C18H28N2. The Morgan fingerprint density at radius 1 is 1.25 bits per heavy atom. The van der Waals surface area contributed by atoms with Gasteiger partial charge in [0.25, 0.3) is 0 Å². The molecule has 0 aromatic heterocycles. The molecule has 1 aliphatic heterocycles. The van der Waals surface area contributed by atoms with Crippen molar-refractivity contribution in [3.63, 3.8) is 0 Å². The van der Waals surface area contributed by atoms with E-state index in [0.29, 0.717) is 6.04 Å². The molecule has 0 saturated carbocycles. The molecule has 0 bridgehead atoms. The highest BCUT2D eigenvalue weighted by atomic mass is 15.1. The lowest BCUT2D eigenvalue weighted by Gasteiger charge is -2.32. The highest BCUT2D eigenvalue weighted by Crippen LogP contribution is 2.20. The van der Waals surface area contributed by atoms with Crippen LogP contribution in [-0.4, -0.2) is 30.6 Å². The molecule has 1 aromatic rings. The summed E-state index contributed by atoms with van der Waals surface area (Å²) in [5.74, 6) is 0. The first kappa shape index (κ1) is 15.1. The molecule has 1 N–H and O–H groups in total. The van der Waals surface area contributed by atoms with Crippen molar-refractivity contribution in [3.8, 4) is 0 Å². The quantitative estimate of drug-likeness (QED) is 0.812. The Hall–Kier alpha value is -1.28. The monoisotopic (exact) mass is 272 g/mol. The Bertz CT molecular complexity index is 438. The van der Waals surface area contributed by atoms with Crippen LogP contribution < -0.4 is 5.32 Å². The first-order valence-electron chi connectivity index (χ1n) is 7.89. The summed E-state index contributed by atoms with van der Waals surface area (Å²) >= 11 is 0. The van der Waals surface area contributed by atoms with Crippen molar-refractivity contribution in [1.29, 1.82) is 0 Å². The number of anilines is 1. The van der Waals surface area contributed by atoms with Gasteiger partial charge in [0.15, 0.2) is 0 Å². The van der Waals surface area contributed by atoms with Crippen LogP contribution in [0.15, 0.2) is 35.9 Å². The average molecular weight is 272 g/mol. The summed E-state index contributed by atoms with van der Waals surface area (Å²) in [5, 5.41) is 3.74. The van der Waals surface area contributed by atoms with Crippen LogP contribution in [0.3, 0.4) is 0 Å². The highest BCUT2D eigenvalue weighted by molar-refractivity contribution is 5.51. The van der Waals surface area contributed by atoms with E-state index in [2.05, 4.69) is 61.3 Å². The molecule has 1 fully saturated rings. The first-order valence-corrected chi connectivity index (χ1v) is 7.89.